The maximum atomic E-state index is 12.5. The van der Waals surface area contributed by atoms with E-state index in [1.165, 1.54) is 9.80 Å². The Hall–Kier alpha value is -2.27. The summed E-state index contributed by atoms with van der Waals surface area (Å²) in [7, 11) is 0. The van der Waals surface area contributed by atoms with Crippen molar-refractivity contribution in [2.75, 3.05) is 6.54 Å². The fraction of sp³-hybridized carbons (Fsp3) is 0.263. The molecule has 0 atom stereocenters. The number of hydrogen-bond donors (Lipinski definition) is 1. The molecule has 124 valence electrons. The van der Waals surface area contributed by atoms with Crippen LogP contribution in [0.5, 0.6) is 0 Å². The van der Waals surface area contributed by atoms with Gasteiger partial charge >= 0.3 is 5.97 Å². The van der Waals surface area contributed by atoms with Gasteiger partial charge in [0.2, 0.25) is 0 Å². The van der Waals surface area contributed by atoms with Crippen molar-refractivity contribution in [2.24, 2.45) is 0 Å². The zero-order valence-corrected chi connectivity index (χ0v) is 14.0. The molecule has 5 heteroatoms. The number of nitrogens with zero attached hydrogens (tertiary/aromatic N) is 1. The minimum atomic E-state index is -0.967. The summed E-state index contributed by atoms with van der Waals surface area (Å²) in [6, 6.07) is 17.7. The molecule has 0 aromatic heterocycles. The molecule has 0 unspecified atom stereocenters. The predicted molar refractivity (Wildman–Crippen MR) is 94.1 cm³/mol. The van der Waals surface area contributed by atoms with Crippen LogP contribution in [0.15, 0.2) is 59.5 Å². The number of rotatable bonds is 7. The molecular weight excluding hydrogens is 322 g/mol. The zero-order chi connectivity index (χ0) is 16.9. The maximum Gasteiger partial charge on any atom is 0.323 e. The van der Waals surface area contributed by atoms with Gasteiger partial charge in [-0.3, -0.25) is 9.59 Å². The lowest BCUT2D eigenvalue weighted by Crippen LogP contribution is -2.37. The van der Waals surface area contributed by atoms with E-state index in [1.807, 2.05) is 30.3 Å². The van der Waals surface area contributed by atoms with Gasteiger partial charge in [-0.2, -0.15) is 0 Å². The third-order valence-corrected chi connectivity index (χ3v) is 4.99. The fourth-order valence-electron chi connectivity index (χ4n) is 2.49. The van der Waals surface area contributed by atoms with Crippen LogP contribution < -0.4 is 0 Å². The normalized spacial score (nSPS) is 13.5. The van der Waals surface area contributed by atoms with Crippen LogP contribution in [0.4, 0.5) is 0 Å². The van der Waals surface area contributed by atoms with Crippen LogP contribution in [-0.4, -0.2) is 34.5 Å². The quantitative estimate of drug-likeness (QED) is 0.781. The molecule has 2 aromatic rings. The Morgan fingerprint density at radius 1 is 1.04 bits per heavy atom. The summed E-state index contributed by atoms with van der Waals surface area (Å²) < 4.78 is 0. The van der Waals surface area contributed by atoms with Gasteiger partial charge < -0.3 is 10.0 Å². The first kappa shape index (κ1) is 16.6. The van der Waals surface area contributed by atoms with Crippen LogP contribution in [-0.2, 0) is 10.5 Å². The first-order valence-electron chi connectivity index (χ1n) is 7.93. The van der Waals surface area contributed by atoms with Crippen molar-refractivity contribution < 1.29 is 14.7 Å². The predicted octanol–water partition coefficient (Wildman–Crippen LogP) is 3.67. The Kier molecular flexibility index (Phi) is 5.20. The molecule has 1 aliphatic carbocycles. The second kappa shape index (κ2) is 7.53. The lowest BCUT2D eigenvalue weighted by atomic mass is 10.1. The van der Waals surface area contributed by atoms with Crippen LogP contribution in [0, 0.1) is 0 Å². The summed E-state index contributed by atoms with van der Waals surface area (Å²) >= 11 is 1.74. The van der Waals surface area contributed by atoms with Gasteiger partial charge in [-0.25, -0.2) is 0 Å². The minimum absolute atomic E-state index is 0.0851. The second-order valence-electron chi connectivity index (χ2n) is 5.86. The number of hydrogen-bond acceptors (Lipinski definition) is 3. The first-order valence-corrected chi connectivity index (χ1v) is 8.91. The lowest BCUT2D eigenvalue weighted by Gasteiger charge is -2.20. The number of carboxylic acids is 1. The van der Waals surface area contributed by atoms with Gasteiger partial charge in [0, 0.05) is 22.3 Å². The van der Waals surface area contributed by atoms with Crippen molar-refractivity contribution >= 4 is 23.6 Å². The molecule has 1 saturated carbocycles. The Morgan fingerprint density at radius 3 is 2.29 bits per heavy atom. The highest BCUT2D eigenvalue weighted by molar-refractivity contribution is 7.98. The van der Waals surface area contributed by atoms with E-state index < -0.39 is 5.97 Å². The summed E-state index contributed by atoms with van der Waals surface area (Å²) in [6.45, 7) is -0.227. The molecule has 0 heterocycles. The summed E-state index contributed by atoms with van der Waals surface area (Å²) in [5.41, 5.74) is 1.69. The molecule has 2 aromatic carbocycles. The smallest absolute Gasteiger partial charge is 0.323 e. The average molecular weight is 341 g/mol. The van der Waals surface area contributed by atoms with Gasteiger partial charge in [0.25, 0.3) is 5.91 Å². The molecule has 1 fully saturated rings. The van der Waals surface area contributed by atoms with E-state index in [4.69, 9.17) is 5.11 Å². The molecule has 0 radical (unpaired) electrons. The molecule has 1 aliphatic rings. The zero-order valence-electron chi connectivity index (χ0n) is 13.2. The van der Waals surface area contributed by atoms with Crippen LogP contribution in [0.25, 0.3) is 0 Å². The van der Waals surface area contributed by atoms with Crippen molar-refractivity contribution in [1.29, 1.82) is 0 Å². The fourth-order valence-corrected chi connectivity index (χ4v) is 3.37. The highest BCUT2D eigenvalue weighted by atomic mass is 32.2. The molecule has 4 nitrogen and oxygen atoms in total. The Morgan fingerprint density at radius 2 is 1.71 bits per heavy atom. The molecular formula is C19H19NO3S. The molecule has 1 amide bonds. The van der Waals surface area contributed by atoms with Gasteiger partial charge in [0.05, 0.1) is 0 Å². The van der Waals surface area contributed by atoms with Crippen molar-refractivity contribution in [3.63, 3.8) is 0 Å². The summed E-state index contributed by atoms with van der Waals surface area (Å²) in [4.78, 5) is 26.1. The van der Waals surface area contributed by atoms with Crippen LogP contribution >= 0.6 is 11.8 Å². The van der Waals surface area contributed by atoms with E-state index in [0.717, 1.165) is 24.2 Å². The van der Waals surface area contributed by atoms with Crippen molar-refractivity contribution in [1.82, 2.24) is 4.90 Å². The van der Waals surface area contributed by atoms with Gasteiger partial charge in [0.15, 0.2) is 0 Å². The molecule has 0 bridgehead atoms. The summed E-state index contributed by atoms with van der Waals surface area (Å²) in [5.74, 6) is -0.326. The third-order valence-electron chi connectivity index (χ3n) is 3.90. The van der Waals surface area contributed by atoms with Crippen LogP contribution in [0.1, 0.15) is 28.8 Å². The number of carbonyl (C=O) groups is 2. The molecule has 0 aliphatic heterocycles. The highest BCUT2D eigenvalue weighted by Gasteiger charge is 2.34. The van der Waals surface area contributed by atoms with Crippen LogP contribution in [0.3, 0.4) is 0 Å². The second-order valence-corrected chi connectivity index (χ2v) is 6.91. The first-order chi connectivity index (χ1) is 11.6. The summed E-state index contributed by atoms with van der Waals surface area (Å²) in [6.07, 6.45) is 1.79. The largest absolute Gasteiger partial charge is 0.480 e. The summed E-state index contributed by atoms with van der Waals surface area (Å²) in [5, 5.41) is 8.98. The van der Waals surface area contributed by atoms with Gasteiger partial charge in [-0.1, -0.05) is 30.3 Å². The standard InChI is InChI=1S/C19H19NO3S/c21-18(22)12-20(16-10-11-16)19(23)15-8-6-14(7-9-15)13-24-17-4-2-1-3-5-17/h1-9,16H,10-13H2,(H,21,22). The molecule has 3 rings (SSSR count). The van der Waals surface area contributed by atoms with E-state index in [0.29, 0.717) is 5.56 Å². The van der Waals surface area contributed by atoms with Crippen molar-refractivity contribution in [3.8, 4) is 0 Å². The molecule has 1 N–H and O–H groups in total. The van der Waals surface area contributed by atoms with E-state index in [9.17, 15) is 9.59 Å². The highest BCUT2D eigenvalue weighted by Crippen LogP contribution is 2.28. The number of amides is 1. The molecule has 24 heavy (non-hydrogen) atoms. The SMILES string of the molecule is O=C(O)CN(C(=O)c1ccc(CSc2ccccc2)cc1)C1CC1. The number of carboxylic acid groups (broad SMARTS) is 1. The monoisotopic (exact) mass is 341 g/mol. The van der Waals surface area contributed by atoms with Gasteiger partial charge in [-0.15, -0.1) is 11.8 Å². The van der Waals surface area contributed by atoms with Crippen LogP contribution in [0.2, 0.25) is 0 Å². The Bertz CT molecular complexity index is 711. The van der Waals surface area contributed by atoms with E-state index in [2.05, 4.69) is 12.1 Å². The van der Waals surface area contributed by atoms with Gasteiger partial charge in [-0.05, 0) is 42.7 Å². The Balaban J connectivity index is 1.62. The lowest BCUT2D eigenvalue weighted by molar-refractivity contribution is -0.137. The Labute approximate surface area is 145 Å². The molecule has 0 spiro atoms. The van der Waals surface area contributed by atoms with E-state index >= 15 is 0 Å². The maximum absolute atomic E-state index is 12.5. The number of benzene rings is 2. The minimum Gasteiger partial charge on any atom is -0.480 e. The van der Waals surface area contributed by atoms with E-state index in [1.54, 1.807) is 23.9 Å². The number of carbonyl (C=O) groups excluding carboxylic acids is 1. The number of thioether (sulfide) groups is 1. The number of aliphatic carboxylic acids is 1. The van der Waals surface area contributed by atoms with E-state index in [-0.39, 0.29) is 18.5 Å². The van der Waals surface area contributed by atoms with Crippen molar-refractivity contribution in [3.05, 3.63) is 65.7 Å². The third kappa shape index (κ3) is 4.38. The topological polar surface area (TPSA) is 57.6 Å². The average Bonchev–Trinajstić information content (AvgIpc) is 3.43. The van der Waals surface area contributed by atoms with Gasteiger partial charge in [0.1, 0.15) is 6.54 Å². The molecule has 0 saturated heterocycles. The van der Waals surface area contributed by atoms with Crippen molar-refractivity contribution in [2.45, 2.75) is 29.5 Å².